The molecule has 0 aliphatic rings. The molecule has 2 aromatic rings. The van der Waals surface area contributed by atoms with Crippen LogP contribution in [0.2, 0.25) is 0 Å². The Morgan fingerprint density at radius 3 is 2.70 bits per heavy atom. The number of aromatic nitrogens is 1. The Kier molecular flexibility index (Phi) is 4.42. The van der Waals surface area contributed by atoms with Crippen LogP contribution in [-0.4, -0.2) is 22.8 Å². The van der Waals surface area contributed by atoms with Gasteiger partial charge in [0.05, 0.1) is 11.3 Å². The van der Waals surface area contributed by atoms with Crippen molar-refractivity contribution in [1.29, 1.82) is 5.41 Å². The molecule has 0 unspecified atom stereocenters. The van der Waals surface area contributed by atoms with Crippen LogP contribution in [0.1, 0.15) is 16.8 Å². The maximum absolute atomic E-state index is 14.2. The molecule has 0 aliphatic carbocycles. The first kappa shape index (κ1) is 14.1. The summed E-state index contributed by atoms with van der Waals surface area (Å²) >= 11 is 0. The molecule has 0 aliphatic heterocycles. The van der Waals surface area contributed by atoms with Crippen molar-refractivity contribution < 1.29 is 4.39 Å². The van der Waals surface area contributed by atoms with Crippen LogP contribution in [-0.2, 0) is 13.1 Å². The average molecular weight is 272 g/mol. The van der Waals surface area contributed by atoms with Gasteiger partial charge in [0.2, 0.25) is 0 Å². The van der Waals surface area contributed by atoms with E-state index in [-0.39, 0.29) is 11.4 Å². The number of amidine groups is 1. The van der Waals surface area contributed by atoms with Gasteiger partial charge in [-0.15, -0.1) is 0 Å². The highest BCUT2D eigenvalue weighted by Gasteiger charge is 2.12. The molecule has 0 spiro atoms. The van der Waals surface area contributed by atoms with Crippen LogP contribution in [0.3, 0.4) is 0 Å². The summed E-state index contributed by atoms with van der Waals surface area (Å²) < 4.78 is 14.2. The molecule has 5 heteroatoms. The van der Waals surface area contributed by atoms with Crippen molar-refractivity contribution in [3.05, 3.63) is 65.2 Å². The fourth-order valence-corrected chi connectivity index (χ4v) is 2.02. The Hall–Kier alpha value is -2.27. The van der Waals surface area contributed by atoms with Gasteiger partial charge in [-0.1, -0.05) is 18.2 Å². The van der Waals surface area contributed by atoms with Crippen LogP contribution in [0.4, 0.5) is 4.39 Å². The van der Waals surface area contributed by atoms with Gasteiger partial charge < -0.3 is 5.73 Å². The third-order valence-corrected chi connectivity index (χ3v) is 2.97. The van der Waals surface area contributed by atoms with Crippen LogP contribution in [0, 0.1) is 11.2 Å². The second kappa shape index (κ2) is 6.25. The molecule has 0 bridgehead atoms. The van der Waals surface area contributed by atoms with Gasteiger partial charge in [-0.2, -0.15) is 0 Å². The molecular weight excluding hydrogens is 255 g/mol. The quantitative estimate of drug-likeness (QED) is 0.647. The second-order valence-corrected chi connectivity index (χ2v) is 4.69. The van der Waals surface area contributed by atoms with Crippen molar-refractivity contribution >= 4 is 5.84 Å². The molecule has 0 fully saturated rings. The van der Waals surface area contributed by atoms with E-state index in [0.29, 0.717) is 18.7 Å². The molecule has 20 heavy (non-hydrogen) atoms. The van der Waals surface area contributed by atoms with Crippen molar-refractivity contribution in [2.45, 2.75) is 13.1 Å². The third-order valence-electron chi connectivity index (χ3n) is 2.97. The molecule has 0 amide bonds. The topological polar surface area (TPSA) is 66.0 Å². The maximum Gasteiger partial charge on any atom is 0.138 e. The molecule has 1 aromatic heterocycles. The number of nitrogens with two attached hydrogens (primary N) is 1. The van der Waals surface area contributed by atoms with Crippen LogP contribution >= 0.6 is 0 Å². The van der Waals surface area contributed by atoms with Crippen LogP contribution < -0.4 is 5.73 Å². The Labute approximate surface area is 117 Å². The SMILES string of the molecule is CN(Cc1ccccn1)Cc1cccc(C(=N)N)c1F. The number of nitrogen functional groups attached to an aromatic ring is 1. The zero-order valence-corrected chi connectivity index (χ0v) is 11.3. The van der Waals surface area contributed by atoms with E-state index < -0.39 is 5.82 Å². The molecule has 0 saturated carbocycles. The molecule has 2 rings (SSSR count). The summed E-state index contributed by atoms with van der Waals surface area (Å²) in [5, 5.41) is 7.35. The summed E-state index contributed by atoms with van der Waals surface area (Å²) in [6.07, 6.45) is 1.74. The minimum atomic E-state index is -0.423. The van der Waals surface area contributed by atoms with E-state index in [9.17, 15) is 4.39 Å². The lowest BCUT2D eigenvalue weighted by molar-refractivity contribution is 0.309. The number of pyridine rings is 1. The van der Waals surface area contributed by atoms with E-state index in [1.165, 1.54) is 6.07 Å². The fraction of sp³-hybridized carbons (Fsp3) is 0.200. The number of benzene rings is 1. The molecule has 0 radical (unpaired) electrons. The van der Waals surface area contributed by atoms with E-state index in [0.717, 1.165) is 5.69 Å². The van der Waals surface area contributed by atoms with Gasteiger partial charge in [-0.05, 0) is 25.2 Å². The molecule has 1 aromatic carbocycles. The molecule has 0 saturated heterocycles. The molecule has 4 nitrogen and oxygen atoms in total. The van der Waals surface area contributed by atoms with E-state index in [1.807, 2.05) is 30.1 Å². The van der Waals surface area contributed by atoms with Gasteiger partial charge in [0.25, 0.3) is 0 Å². The van der Waals surface area contributed by atoms with E-state index in [1.54, 1.807) is 18.3 Å². The largest absolute Gasteiger partial charge is 0.384 e. The van der Waals surface area contributed by atoms with Crippen molar-refractivity contribution in [2.24, 2.45) is 5.73 Å². The van der Waals surface area contributed by atoms with Gasteiger partial charge in [0.1, 0.15) is 11.7 Å². The lowest BCUT2D eigenvalue weighted by Crippen LogP contribution is -2.20. The Balaban J connectivity index is 2.10. The standard InChI is InChI=1S/C15H17FN4/c1-20(10-12-6-2-3-8-19-12)9-11-5-4-7-13(14(11)16)15(17)18/h2-8H,9-10H2,1H3,(H3,17,18). The minimum Gasteiger partial charge on any atom is -0.384 e. The summed E-state index contributed by atoms with van der Waals surface area (Å²) in [4.78, 5) is 6.20. The average Bonchev–Trinajstić information content (AvgIpc) is 2.42. The molecular formula is C15H17FN4. The van der Waals surface area contributed by atoms with Gasteiger partial charge >= 0.3 is 0 Å². The van der Waals surface area contributed by atoms with Crippen molar-refractivity contribution in [2.75, 3.05) is 7.05 Å². The van der Waals surface area contributed by atoms with Gasteiger partial charge in [-0.3, -0.25) is 15.3 Å². The monoisotopic (exact) mass is 272 g/mol. The third kappa shape index (κ3) is 3.39. The first-order valence-corrected chi connectivity index (χ1v) is 6.28. The highest BCUT2D eigenvalue weighted by Crippen LogP contribution is 2.15. The molecule has 104 valence electrons. The summed E-state index contributed by atoms with van der Waals surface area (Å²) in [5.41, 5.74) is 6.96. The van der Waals surface area contributed by atoms with E-state index in [4.69, 9.17) is 11.1 Å². The Morgan fingerprint density at radius 2 is 2.05 bits per heavy atom. The normalized spacial score (nSPS) is 10.8. The zero-order chi connectivity index (χ0) is 14.5. The van der Waals surface area contributed by atoms with Gasteiger partial charge in [0, 0.05) is 24.8 Å². The van der Waals surface area contributed by atoms with Gasteiger partial charge in [0.15, 0.2) is 0 Å². The molecule has 1 heterocycles. The Bertz CT molecular complexity index is 598. The van der Waals surface area contributed by atoms with Gasteiger partial charge in [-0.25, -0.2) is 4.39 Å². The smallest absolute Gasteiger partial charge is 0.138 e. The molecule has 0 atom stereocenters. The minimum absolute atomic E-state index is 0.147. The van der Waals surface area contributed by atoms with Crippen molar-refractivity contribution in [1.82, 2.24) is 9.88 Å². The summed E-state index contributed by atoms with van der Waals surface area (Å²) in [5.74, 6) is -0.676. The summed E-state index contributed by atoms with van der Waals surface area (Å²) in [7, 11) is 1.90. The molecule has 3 N–H and O–H groups in total. The zero-order valence-electron chi connectivity index (χ0n) is 11.3. The number of rotatable bonds is 5. The predicted molar refractivity (Wildman–Crippen MR) is 76.8 cm³/mol. The summed E-state index contributed by atoms with van der Waals surface area (Å²) in [6.45, 7) is 1.06. The predicted octanol–water partition coefficient (Wildman–Crippen LogP) is 2.14. The van der Waals surface area contributed by atoms with E-state index in [2.05, 4.69) is 4.98 Å². The lowest BCUT2D eigenvalue weighted by Gasteiger charge is -2.17. The maximum atomic E-state index is 14.2. The first-order chi connectivity index (χ1) is 9.58. The second-order valence-electron chi connectivity index (χ2n) is 4.69. The highest BCUT2D eigenvalue weighted by atomic mass is 19.1. The number of nitrogens with zero attached hydrogens (tertiary/aromatic N) is 2. The Morgan fingerprint density at radius 1 is 1.25 bits per heavy atom. The fourth-order valence-electron chi connectivity index (χ4n) is 2.02. The lowest BCUT2D eigenvalue weighted by atomic mass is 10.1. The van der Waals surface area contributed by atoms with E-state index >= 15 is 0 Å². The van der Waals surface area contributed by atoms with Crippen LogP contribution in [0.25, 0.3) is 0 Å². The van der Waals surface area contributed by atoms with Crippen LogP contribution in [0.5, 0.6) is 0 Å². The number of halogens is 1. The summed E-state index contributed by atoms with van der Waals surface area (Å²) in [6, 6.07) is 10.6. The highest BCUT2D eigenvalue weighted by molar-refractivity contribution is 5.95. The first-order valence-electron chi connectivity index (χ1n) is 6.28. The van der Waals surface area contributed by atoms with Crippen LogP contribution in [0.15, 0.2) is 42.6 Å². The number of hydrogen-bond donors (Lipinski definition) is 2. The number of hydrogen-bond acceptors (Lipinski definition) is 3. The van der Waals surface area contributed by atoms with Crippen molar-refractivity contribution in [3.8, 4) is 0 Å². The number of nitrogens with one attached hydrogen (secondary N) is 1. The van der Waals surface area contributed by atoms with Crippen molar-refractivity contribution in [3.63, 3.8) is 0 Å².